The lowest BCUT2D eigenvalue weighted by molar-refractivity contribution is 0.566. The van der Waals surface area contributed by atoms with Crippen molar-refractivity contribution in [1.29, 1.82) is 0 Å². The monoisotopic (exact) mass is 202 g/mol. The molecule has 0 radical (unpaired) electrons. The summed E-state index contributed by atoms with van der Waals surface area (Å²) in [7, 11) is -3.45. The standard InChI is InChI=1S/C9H11FO2S/c1-3-7-5-4-6-8(10)9(7)13(2,11)12/h4-6H,3H2,1-2H3. The van der Waals surface area contributed by atoms with E-state index in [0.717, 1.165) is 12.3 Å². The second-order valence-corrected chi connectivity index (χ2v) is 4.81. The molecular formula is C9H11FO2S. The van der Waals surface area contributed by atoms with Crippen LogP contribution in [0.5, 0.6) is 0 Å². The van der Waals surface area contributed by atoms with Crippen molar-refractivity contribution in [2.24, 2.45) is 0 Å². The van der Waals surface area contributed by atoms with Crippen molar-refractivity contribution in [2.45, 2.75) is 18.2 Å². The molecule has 0 amide bonds. The zero-order valence-corrected chi connectivity index (χ0v) is 8.36. The van der Waals surface area contributed by atoms with Gasteiger partial charge in [-0.05, 0) is 18.1 Å². The molecule has 0 fully saturated rings. The van der Waals surface area contributed by atoms with Crippen LogP contribution >= 0.6 is 0 Å². The Morgan fingerprint density at radius 2 is 2.00 bits per heavy atom. The molecular weight excluding hydrogens is 191 g/mol. The van der Waals surface area contributed by atoms with Gasteiger partial charge in [0.2, 0.25) is 0 Å². The van der Waals surface area contributed by atoms with Gasteiger partial charge in [0, 0.05) is 6.26 Å². The molecule has 13 heavy (non-hydrogen) atoms. The third-order valence-corrected chi connectivity index (χ3v) is 3.00. The Balaban J connectivity index is 3.50. The first-order valence-electron chi connectivity index (χ1n) is 3.94. The van der Waals surface area contributed by atoms with E-state index in [-0.39, 0.29) is 4.90 Å². The van der Waals surface area contributed by atoms with E-state index >= 15 is 0 Å². The van der Waals surface area contributed by atoms with Crippen molar-refractivity contribution in [2.75, 3.05) is 6.26 Å². The van der Waals surface area contributed by atoms with Gasteiger partial charge < -0.3 is 0 Å². The quantitative estimate of drug-likeness (QED) is 0.732. The van der Waals surface area contributed by atoms with Crippen molar-refractivity contribution in [3.8, 4) is 0 Å². The largest absolute Gasteiger partial charge is 0.224 e. The van der Waals surface area contributed by atoms with Crippen LogP contribution in [0.2, 0.25) is 0 Å². The van der Waals surface area contributed by atoms with Gasteiger partial charge in [0.25, 0.3) is 0 Å². The summed E-state index contributed by atoms with van der Waals surface area (Å²) in [6, 6.07) is 4.30. The van der Waals surface area contributed by atoms with Crippen molar-refractivity contribution in [1.82, 2.24) is 0 Å². The maximum Gasteiger partial charge on any atom is 0.178 e. The molecule has 0 bridgehead atoms. The molecule has 1 aromatic carbocycles. The number of rotatable bonds is 2. The fraction of sp³-hybridized carbons (Fsp3) is 0.333. The van der Waals surface area contributed by atoms with Crippen LogP contribution in [0, 0.1) is 5.82 Å². The number of halogens is 1. The minimum absolute atomic E-state index is 0.169. The maximum absolute atomic E-state index is 13.2. The van der Waals surface area contributed by atoms with Crippen molar-refractivity contribution < 1.29 is 12.8 Å². The zero-order chi connectivity index (χ0) is 10.1. The summed E-state index contributed by atoms with van der Waals surface area (Å²) in [4.78, 5) is -0.169. The third kappa shape index (κ3) is 2.06. The van der Waals surface area contributed by atoms with Gasteiger partial charge in [-0.2, -0.15) is 0 Å². The van der Waals surface area contributed by atoms with Gasteiger partial charge in [0.15, 0.2) is 9.84 Å². The number of hydrogen-bond acceptors (Lipinski definition) is 2. The molecule has 0 heterocycles. The fourth-order valence-corrected chi connectivity index (χ4v) is 2.36. The number of hydrogen-bond donors (Lipinski definition) is 0. The molecule has 2 nitrogen and oxygen atoms in total. The molecule has 0 aromatic heterocycles. The Labute approximate surface area is 77.3 Å². The van der Waals surface area contributed by atoms with E-state index in [0.29, 0.717) is 12.0 Å². The topological polar surface area (TPSA) is 34.1 Å². The lowest BCUT2D eigenvalue weighted by Crippen LogP contribution is -2.04. The Kier molecular flexibility index (Phi) is 2.71. The van der Waals surface area contributed by atoms with E-state index in [4.69, 9.17) is 0 Å². The van der Waals surface area contributed by atoms with Crippen molar-refractivity contribution >= 4 is 9.84 Å². The Bertz CT molecular complexity index is 410. The van der Waals surface area contributed by atoms with Gasteiger partial charge in [0.05, 0.1) is 0 Å². The van der Waals surface area contributed by atoms with E-state index in [9.17, 15) is 12.8 Å². The molecule has 0 N–H and O–H groups in total. The number of sulfone groups is 1. The molecule has 0 aliphatic rings. The SMILES string of the molecule is CCc1cccc(F)c1S(C)(=O)=O. The van der Waals surface area contributed by atoms with E-state index in [1.54, 1.807) is 13.0 Å². The molecule has 4 heteroatoms. The second-order valence-electron chi connectivity index (χ2n) is 2.85. The summed E-state index contributed by atoms with van der Waals surface area (Å²) in [5, 5.41) is 0. The molecule has 0 spiro atoms. The average Bonchev–Trinajstić information content (AvgIpc) is 2.01. The normalized spacial score (nSPS) is 11.6. The molecule has 72 valence electrons. The van der Waals surface area contributed by atoms with Crippen molar-refractivity contribution in [3.05, 3.63) is 29.6 Å². The van der Waals surface area contributed by atoms with Gasteiger partial charge in [-0.15, -0.1) is 0 Å². The van der Waals surface area contributed by atoms with Crippen LogP contribution in [0.4, 0.5) is 4.39 Å². The Morgan fingerprint density at radius 3 is 2.38 bits per heavy atom. The first-order chi connectivity index (χ1) is 5.96. The van der Waals surface area contributed by atoms with E-state index < -0.39 is 15.7 Å². The predicted molar refractivity (Wildman–Crippen MR) is 48.9 cm³/mol. The minimum Gasteiger partial charge on any atom is -0.224 e. The number of aryl methyl sites for hydroxylation is 1. The minimum atomic E-state index is -3.45. The first kappa shape index (κ1) is 10.2. The average molecular weight is 202 g/mol. The number of benzene rings is 1. The molecule has 0 saturated carbocycles. The lowest BCUT2D eigenvalue weighted by Gasteiger charge is -2.05. The summed E-state index contributed by atoms with van der Waals surface area (Å²) in [5.74, 6) is -0.665. The lowest BCUT2D eigenvalue weighted by atomic mass is 10.2. The highest BCUT2D eigenvalue weighted by Gasteiger charge is 2.16. The Morgan fingerprint density at radius 1 is 1.38 bits per heavy atom. The van der Waals surface area contributed by atoms with Gasteiger partial charge in [0.1, 0.15) is 10.7 Å². The second kappa shape index (κ2) is 3.46. The predicted octanol–water partition coefficient (Wildman–Crippen LogP) is 1.79. The molecule has 1 aromatic rings. The zero-order valence-electron chi connectivity index (χ0n) is 7.54. The molecule has 0 saturated heterocycles. The highest BCUT2D eigenvalue weighted by atomic mass is 32.2. The van der Waals surface area contributed by atoms with Gasteiger partial charge >= 0.3 is 0 Å². The van der Waals surface area contributed by atoms with Crippen molar-refractivity contribution in [3.63, 3.8) is 0 Å². The van der Waals surface area contributed by atoms with Gasteiger partial charge in [-0.1, -0.05) is 19.1 Å². The van der Waals surface area contributed by atoms with Gasteiger partial charge in [-0.25, -0.2) is 12.8 Å². The highest BCUT2D eigenvalue weighted by Crippen LogP contribution is 2.19. The molecule has 1 rings (SSSR count). The van der Waals surface area contributed by atoms with Gasteiger partial charge in [-0.3, -0.25) is 0 Å². The summed E-state index contributed by atoms with van der Waals surface area (Å²) < 4.78 is 35.5. The van der Waals surface area contributed by atoms with Crippen LogP contribution < -0.4 is 0 Å². The van der Waals surface area contributed by atoms with Crippen LogP contribution in [0.25, 0.3) is 0 Å². The Hall–Kier alpha value is -0.900. The van der Waals surface area contributed by atoms with E-state index in [1.807, 2.05) is 0 Å². The first-order valence-corrected chi connectivity index (χ1v) is 5.83. The molecule has 0 unspecified atom stereocenters. The summed E-state index contributed by atoms with van der Waals surface area (Å²) in [6.07, 6.45) is 1.53. The maximum atomic E-state index is 13.2. The van der Waals surface area contributed by atoms with E-state index in [1.165, 1.54) is 6.07 Å². The summed E-state index contributed by atoms with van der Waals surface area (Å²) in [5.41, 5.74) is 0.530. The smallest absolute Gasteiger partial charge is 0.178 e. The van der Waals surface area contributed by atoms with E-state index in [2.05, 4.69) is 0 Å². The molecule has 0 aliphatic heterocycles. The van der Waals surface area contributed by atoms with Crippen LogP contribution in [0.15, 0.2) is 23.1 Å². The third-order valence-electron chi connectivity index (χ3n) is 1.80. The van der Waals surface area contributed by atoms with Crippen LogP contribution in [0.3, 0.4) is 0 Å². The van der Waals surface area contributed by atoms with Crippen LogP contribution in [0.1, 0.15) is 12.5 Å². The van der Waals surface area contributed by atoms with Crippen LogP contribution in [-0.4, -0.2) is 14.7 Å². The highest BCUT2D eigenvalue weighted by molar-refractivity contribution is 7.90. The molecule has 0 atom stereocenters. The fourth-order valence-electron chi connectivity index (χ4n) is 1.25. The summed E-state index contributed by atoms with van der Waals surface area (Å²) >= 11 is 0. The molecule has 0 aliphatic carbocycles. The summed E-state index contributed by atoms with van der Waals surface area (Å²) in [6.45, 7) is 1.80. The van der Waals surface area contributed by atoms with Crippen LogP contribution in [-0.2, 0) is 16.3 Å².